The van der Waals surface area contributed by atoms with E-state index in [0.29, 0.717) is 37.0 Å². The molecular formula is C27H27FN6O4. The molecule has 0 spiro atoms. The first-order valence-electron chi connectivity index (χ1n) is 12.0. The second kappa shape index (κ2) is 10.8. The molecular weight excluding hydrogens is 491 g/mol. The zero-order valence-electron chi connectivity index (χ0n) is 21.2. The number of nitriles is 1. The van der Waals surface area contributed by atoms with E-state index < -0.39 is 17.1 Å². The van der Waals surface area contributed by atoms with Crippen molar-refractivity contribution in [1.29, 1.82) is 5.26 Å². The number of piperazine rings is 1. The molecule has 1 fully saturated rings. The number of benzene rings is 1. The van der Waals surface area contributed by atoms with Gasteiger partial charge in [0, 0.05) is 25.8 Å². The molecule has 1 aliphatic rings. The molecule has 1 aromatic carbocycles. The molecule has 0 bridgehead atoms. The predicted molar refractivity (Wildman–Crippen MR) is 137 cm³/mol. The largest absolute Gasteiger partial charge is 0.456 e. The Balaban J connectivity index is 1.36. The number of aromatic amines is 1. The van der Waals surface area contributed by atoms with Crippen molar-refractivity contribution >= 4 is 17.6 Å². The zero-order chi connectivity index (χ0) is 27.4. The summed E-state index contributed by atoms with van der Waals surface area (Å²) in [5.74, 6) is 0.348. The minimum Gasteiger partial charge on any atom is -0.456 e. The van der Waals surface area contributed by atoms with E-state index in [1.165, 1.54) is 42.7 Å². The van der Waals surface area contributed by atoms with Crippen LogP contribution >= 0.6 is 0 Å². The van der Waals surface area contributed by atoms with Gasteiger partial charge >= 0.3 is 0 Å². The number of halogens is 1. The lowest BCUT2D eigenvalue weighted by Crippen LogP contribution is -2.63. The Morgan fingerprint density at radius 3 is 2.53 bits per heavy atom. The number of carbonyl (C=O) groups excluding carboxylic acids is 2. The van der Waals surface area contributed by atoms with Crippen LogP contribution in [-0.2, 0) is 4.79 Å². The summed E-state index contributed by atoms with van der Waals surface area (Å²) in [5, 5.41) is 11.9. The Morgan fingerprint density at radius 2 is 1.89 bits per heavy atom. The van der Waals surface area contributed by atoms with Crippen molar-refractivity contribution in [3.8, 4) is 17.6 Å². The Labute approximate surface area is 218 Å². The van der Waals surface area contributed by atoms with Crippen LogP contribution < -0.4 is 15.6 Å². The number of anilines is 1. The molecule has 0 unspecified atom stereocenters. The zero-order valence-corrected chi connectivity index (χ0v) is 21.2. The number of pyridine rings is 2. The van der Waals surface area contributed by atoms with E-state index >= 15 is 0 Å². The van der Waals surface area contributed by atoms with Gasteiger partial charge < -0.3 is 19.9 Å². The maximum atomic E-state index is 13.2. The van der Waals surface area contributed by atoms with Crippen molar-refractivity contribution in [3.05, 3.63) is 82.2 Å². The first kappa shape index (κ1) is 26.5. The summed E-state index contributed by atoms with van der Waals surface area (Å²) < 4.78 is 18.7. The molecule has 2 aromatic heterocycles. The van der Waals surface area contributed by atoms with Gasteiger partial charge in [0.1, 0.15) is 34.8 Å². The minimum atomic E-state index is -0.621. The molecule has 0 radical (unpaired) electrons. The highest BCUT2D eigenvalue weighted by Gasteiger charge is 2.39. The number of nitrogens with one attached hydrogen (secondary N) is 2. The average molecular weight is 519 g/mol. The number of amides is 2. The molecule has 0 aliphatic carbocycles. The third kappa shape index (κ3) is 5.87. The van der Waals surface area contributed by atoms with Crippen LogP contribution in [0.15, 0.2) is 59.7 Å². The van der Waals surface area contributed by atoms with Gasteiger partial charge in [-0.05, 0) is 63.2 Å². The fourth-order valence-corrected chi connectivity index (χ4v) is 4.30. The van der Waals surface area contributed by atoms with Crippen LogP contribution in [0.4, 0.5) is 10.2 Å². The molecule has 196 valence electrons. The number of ether oxygens (including phenoxy) is 1. The van der Waals surface area contributed by atoms with Gasteiger partial charge in [0.05, 0.1) is 23.3 Å². The Hall–Kier alpha value is -4.56. The Kier molecular flexibility index (Phi) is 7.55. The molecule has 10 nitrogen and oxygen atoms in total. The van der Waals surface area contributed by atoms with Gasteiger partial charge in [-0.3, -0.25) is 19.3 Å². The maximum absolute atomic E-state index is 13.2. The molecule has 1 saturated heterocycles. The highest BCUT2D eigenvalue weighted by molar-refractivity contribution is 5.95. The van der Waals surface area contributed by atoms with Gasteiger partial charge in [-0.25, -0.2) is 9.37 Å². The SMILES string of the molecule is C[C@H](C(=O)Nc1ccc(Oc2ccc(F)cc2)cn1)N1CCN(C(=O)c2c[nH]c(=O)c(C#N)c2)C(C)(C)C1. The van der Waals surface area contributed by atoms with E-state index in [4.69, 9.17) is 10.00 Å². The van der Waals surface area contributed by atoms with Crippen LogP contribution in [0.2, 0.25) is 0 Å². The second-order valence-corrected chi connectivity index (χ2v) is 9.58. The van der Waals surface area contributed by atoms with Crippen molar-refractivity contribution < 1.29 is 18.7 Å². The molecule has 0 saturated carbocycles. The molecule has 2 amide bonds. The summed E-state index contributed by atoms with van der Waals surface area (Å²) in [6.07, 6.45) is 2.78. The molecule has 3 aromatic rings. The van der Waals surface area contributed by atoms with Crippen molar-refractivity contribution in [1.82, 2.24) is 19.8 Å². The van der Waals surface area contributed by atoms with E-state index in [9.17, 15) is 18.8 Å². The van der Waals surface area contributed by atoms with Crippen molar-refractivity contribution in [2.45, 2.75) is 32.4 Å². The summed E-state index contributed by atoms with van der Waals surface area (Å²) >= 11 is 0. The van der Waals surface area contributed by atoms with Crippen LogP contribution in [0, 0.1) is 17.1 Å². The topological polar surface area (TPSA) is 131 Å². The molecule has 4 rings (SSSR count). The first-order valence-corrected chi connectivity index (χ1v) is 12.0. The molecule has 1 atom stereocenters. The summed E-state index contributed by atoms with van der Waals surface area (Å²) in [4.78, 5) is 48.1. The van der Waals surface area contributed by atoms with E-state index in [1.807, 2.05) is 18.7 Å². The smallest absolute Gasteiger partial charge is 0.265 e. The fraction of sp³-hybridized carbons (Fsp3) is 0.296. The molecule has 3 heterocycles. The van der Waals surface area contributed by atoms with Gasteiger partial charge in [-0.15, -0.1) is 0 Å². The number of hydrogen-bond donors (Lipinski definition) is 2. The summed E-state index contributed by atoms with van der Waals surface area (Å²) in [6.45, 7) is 6.84. The van der Waals surface area contributed by atoms with Gasteiger partial charge in [0.25, 0.3) is 11.5 Å². The Bertz CT molecular complexity index is 1430. The van der Waals surface area contributed by atoms with Crippen LogP contribution in [-0.4, -0.2) is 62.8 Å². The van der Waals surface area contributed by atoms with Crippen LogP contribution in [0.1, 0.15) is 36.7 Å². The molecule has 2 N–H and O–H groups in total. The second-order valence-electron chi connectivity index (χ2n) is 9.58. The van der Waals surface area contributed by atoms with Crippen LogP contribution in [0.5, 0.6) is 11.5 Å². The number of nitrogens with zero attached hydrogens (tertiary/aromatic N) is 4. The van der Waals surface area contributed by atoms with E-state index in [-0.39, 0.29) is 28.8 Å². The first-order chi connectivity index (χ1) is 18.1. The highest BCUT2D eigenvalue weighted by atomic mass is 19.1. The standard InChI is InChI=1S/C27H27FN6O4/c1-17(24(35)32-23-9-8-22(15-30-23)38-21-6-4-20(28)5-7-21)33-10-11-34(27(2,3)16-33)26(37)19-12-18(13-29)25(36)31-14-19/h4-9,12,14-15,17H,10-11,16H2,1-3H3,(H,31,36)(H,30,32,35)/t17-/m1/s1. The number of carbonyl (C=O) groups is 2. The minimum absolute atomic E-state index is 0.124. The van der Waals surface area contributed by atoms with Gasteiger partial charge in [-0.2, -0.15) is 5.26 Å². The summed E-state index contributed by atoms with van der Waals surface area (Å²) in [7, 11) is 0. The summed E-state index contributed by atoms with van der Waals surface area (Å²) in [5.41, 5.74) is -1.06. The van der Waals surface area contributed by atoms with E-state index in [1.54, 1.807) is 30.0 Å². The third-order valence-electron chi connectivity index (χ3n) is 6.41. The molecule has 1 aliphatic heterocycles. The monoisotopic (exact) mass is 518 g/mol. The summed E-state index contributed by atoms with van der Waals surface area (Å²) in [6, 6.07) is 11.5. The lowest BCUT2D eigenvalue weighted by molar-refractivity contribution is -0.122. The molecule has 11 heteroatoms. The maximum Gasteiger partial charge on any atom is 0.265 e. The quantitative estimate of drug-likeness (QED) is 0.513. The van der Waals surface area contributed by atoms with Crippen molar-refractivity contribution in [2.24, 2.45) is 0 Å². The van der Waals surface area contributed by atoms with Crippen LogP contribution in [0.3, 0.4) is 0 Å². The van der Waals surface area contributed by atoms with Crippen molar-refractivity contribution in [2.75, 3.05) is 25.0 Å². The lowest BCUT2D eigenvalue weighted by Gasteiger charge is -2.48. The van der Waals surface area contributed by atoms with E-state index in [2.05, 4.69) is 15.3 Å². The van der Waals surface area contributed by atoms with Crippen LogP contribution in [0.25, 0.3) is 0 Å². The number of H-pyrrole nitrogens is 1. The fourth-order valence-electron chi connectivity index (χ4n) is 4.30. The van der Waals surface area contributed by atoms with Crippen molar-refractivity contribution in [3.63, 3.8) is 0 Å². The lowest BCUT2D eigenvalue weighted by atomic mass is 9.96. The number of rotatable bonds is 6. The number of aromatic nitrogens is 2. The third-order valence-corrected chi connectivity index (χ3v) is 6.41. The van der Waals surface area contributed by atoms with E-state index in [0.717, 1.165) is 0 Å². The normalized spacial score (nSPS) is 15.8. The van der Waals surface area contributed by atoms with Gasteiger partial charge in [-0.1, -0.05) is 0 Å². The highest BCUT2D eigenvalue weighted by Crippen LogP contribution is 2.25. The van der Waals surface area contributed by atoms with Gasteiger partial charge in [0.15, 0.2) is 0 Å². The Morgan fingerprint density at radius 1 is 1.18 bits per heavy atom. The van der Waals surface area contributed by atoms with Gasteiger partial charge in [0.2, 0.25) is 5.91 Å². The number of hydrogen-bond acceptors (Lipinski definition) is 7. The molecule has 38 heavy (non-hydrogen) atoms. The average Bonchev–Trinajstić information content (AvgIpc) is 2.90. The predicted octanol–water partition coefficient (Wildman–Crippen LogP) is 3.14.